The van der Waals surface area contributed by atoms with Gasteiger partial charge >= 0.3 is 6.03 Å². The number of halogens is 1. The molecule has 34 heavy (non-hydrogen) atoms. The van der Waals surface area contributed by atoms with Gasteiger partial charge in [-0.2, -0.15) is 0 Å². The molecular weight excluding hydrogens is 431 g/mol. The summed E-state index contributed by atoms with van der Waals surface area (Å²) >= 11 is 0. The summed E-state index contributed by atoms with van der Waals surface area (Å²) in [5.41, 5.74) is 1.76. The molecule has 2 atom stereocenters. The van der Waals surface area contributed by atoms with Crippen LogP contribution in [0.5, 0.6) is 0 Å². The van der Waals surface area contributed by atoms with Gasteiger partial charge in [0.15, 0.2) is 5.54 Å². The van der Waals surface area contributed by atoms with E-state index in [1.807, 2.05) is 0 Å². The summed E-state index contributed by atoms with van der Waals surface area (Å²) in [7, 11) is 0. The Labute approximate surface area is 203 Å². The van der Waals surface area contributed by atoms with E-state index in [-0.39, 0.29) is 31.1 Å². The largest absolute Gasteiger partial charge is 0.376 e. The Morgan fingerprint density at radius 3 is 2.50 bits per heavy atom. The minimum Gasteiger partial charge on any atom is -0.376 e. The Bertz CT molecular complexity index is 922. The molecule has 5 nitrogen and oxygen atoms in total. The maximum atomic E-state index is 14.4. The molecule has 6 heteroatoms. The summed E-state index contributed by atoms with van der Waals surface area (Å²) in [6.45, 7) is 10.1. The first kappa shape index (κ1) is 25.2. The number of nitrogens with zero attached hydrogens (tertiary/aromatic N) is 1. The third kappa shape index (κ3) is 4.27. The van der Waals surface area contributed by atoms with Crippen molar-refractivity contribution in [3.63, 3.8) is 0 Å². The van der Waals surface area contributed by atoms with Crippen LogP contribution in [0.15, 0.2) is 18.2 Å². The van der Waals surface area contributed by atoms with Crippen LogP contribution in [-0.4, -0.2) is 41.8 Å². The predicted molar refractivity (Wildman–Crippen MR) is 131 cm³/mol. The first-order chi connectivity index (χ1) is 16.1. The number of fused-ring (bicyclic) bond motifs is 3. The molecule has 2 unspecified atom stereocenters. The van der Waals surface area contributed by atoms with Gasteiger partial charge in [-0.05, 0) is 87.8 Å². The second kappa shape index (κ2) is 9.60. The van der Waals surface area contributed by atoms with Crippen molar-refractivity contribution in [3.8, 4) is 0 Å². The van der Waals surface area contributed by atoms with Crippen LogP contribution in [0.3, 0.4) is 0 Å². The lowest BCUT2D eigenvalue weighted by atomic mass is 9.61. The number of urea groups is 1. The van der Waals surface area contributed by atoms with Crippen LogP contribution in [0.2, 0.25) is 0 Å². The number of carbonyl (C=O) groups excluding carboxylic acids is 2. The Kier molecular flexibility index (Phi) is 7.10. The molecule has 0 radical (unpaired) electrons. The van der Waals surface area contributed by atoms with E-state index in [4.69, 9.17) is 4.74 Å². The summed E-state index contributed by atoms with van der Waals surface area (Å²) in [5, 5.41) is 3.15. The van der Waals surface area contributed by atoms with Crippen molar-refractivity contribution in [2.24, 2.45) is 11.3 Å². The molecule has 0 aromatic heterocycles. The number of aryl methyl sites for hydroxylation is 1. The third-order valence-corrected chi connectivity index (χ3v) is 8.20. The molecule has 1 N–H and O–H groups in total. The fourth-order valence-corrected chi connectivity index (χ4v) is 6.35. The standard InChI is InChI=1S/C28H41FN2O3/c1-6-22(29)17-31-25(32)28(30-26(31)33)24-15-20(8-7-18(2)3)9-10-21(24)16-27(28)13-11-23(12-14-27)34-19(4)5/h9-10,15,18-19,22-23H,6-8,11-14,16-17H2,1-5H3,(H,30,33)/t22?,23-,27-,28?. The van der Waals surface area contributed by atoms with Crippen molar-refractivity contribution in [2.75, 3.05) is 6.54 Å². The fraction of sp³-hybridized carbons (Fsp3) is 0.714. The predicted octanol–water partition coefficient (Wildman–Crippen LogP) is 5.68. The average molecular weight is 473 g/mol. The number of rotatable bonds is 8. The molecule has 1 heterocycles. The smallest absolute Gasteiger partial charge is 0.325 e. The summed E-state index contributed by atoms with van der Waals surface area (Å²) in [6, 6.07) is 6.03. The quantitative estimate of drug-likeness (QED) is 0.495. The number of alkyl halides is 1. The molecule has 2 spiro atoms. The Morgan fingerprint density at radius 1 is 1.18 bits per heavy atom. The molecule has 1 aromatic rings. The van der Waals surface area contributed by atoms with Crippen LogP contribution in [0.4, 0.5) is 9.18 Å². The monoisotopic (exact) mass is 472 g/mol. The van der Waals surface area contributed by atoms with Crippen LogP contribution in [-0.2, 0) is 27.9 Å². The summed E-state index contributed by atoms with van der Waals surface area (Å²) in [5.74, 6) is 0.320. The minimum atomic E-state index is -1.21. The highest BCUT2D eigenvalue weighted by molar-refractivity contribution is 6.09. The van der Waals surface area contributed by atoms with Gasteiger partial charge in [-0.1, -0.05) is 39.0 Å². The van der Waals surface area contributed by atoms with E-state index in [0.717, 1.165) is 61.0 Å². The number of amides is 3. The van der Waals surface area contributed by atoms with E-state index >= 15 is 0 Å². The number of hydrogen-bond acceptors (Lipinski definition) is 3. The van der Waals surface area contributed by atoms with Gasteiger partial charge in [0, 0.05) is 5.41 Å². The molecule has 3 aliphatic rings. The first-order valence-corrected chi connectivity index (χ1v) is 13.2. The lowest BCUT2D eigenvalue weighted by Crippen LogP contribution is -2.57. The molecule has 1 saturated carbocycles. The van der Waals surface area contributed by atoms with Gasteiger partial charge in [-0.25, -0.2) is 9.18 Å². The van der Waals surface area contributed by atoms with Crippen LogP contribution in [0, 0.1) is 11.3 Å². The van der Waals surface area contributed by atoms with Gasteiger partial charge in [0.25, 0.3) is 5.91 Å². The highest BCUT2D eigenvalue weighted by Crippen LogP contribution is 2.60. The molecular formula is C28H41FN2O3. The summed E-state index contributed by atoms with van der Waals surface area (Å²) < 4.78 is 20.5. The first-order valence-electron chi connectivity index (χ1n) is 13.2. The molecule has 1 aliphatic heterocycles. The molecule has 3 amide bonds. The van der Waals surface area contributed by atoms with Gasteiger partial charge in [0.2, 0.25) is 0 Å². The Hall–Kier alpha value is -1.95. The number of hydrogen-bond donors (Lipinski definition) is 1. The second-order valence-corrected chi connectivity index (χ2v) is 11.4. The van der Waals surface area contributed by atoms with E-state index in [1.165, 1.54) is 5.56 Å². The van der Waals surface area contributed by atoms with Crippen molar-refractivity contribution >= 4 is 11.9 Å². The SMILES string of the molecule is CCC(F)CN1C(=O)NC2(C1=O)c1cc(CCC(C)C)ccc1C[C@]21CC[C@@H](OC(C)C)CC1. The number of nitrogens with one attached hydrogen (secondary N) is 1. The van der Waals surface area contributed by atoms with E-state index in [1.54, 1.807) is 6.92 Å². The number of ether oxygens (including phenoxy) is 1. The zero-order valence-corrected chi connectivity index (χ0v) is 21.5. The molecule has 4 rings (SSSR count). The lowest BCUT2D eigenvalue weighted by molar-refractivity contribution is -0.140. The molecule has 2 fully saturated rings. The van der Waals surface area contributed by atoms with E-state index in [0.29, 0.717) is 5.92 Å². The van der Waals surface area contributed by atoms with Gasteiger partial charge in [0.1, 0.15) is 6.17 Å². The number of imide groups is 1. The van der Waals surface area contributed by atoms with E-state index < -0.39 is 23.2 Å². The molecule has 2 aliphatic carbocycles. The normalized spacial score (nSPS) is 29.5. The van der Waals surface area contributed by atoms with Gasteiger partial charge < -0.3 is 10.1 Å². The van der Waals surface area contributed by atoms with Crippen LogP contribution in [0.25, 0.3) is 0 Å². The second-order valence-electron chi connectivity index (χ2n) is 11.4. The minimum absolute atomic E-state index is 0.163. The lowest BCUT2D eigenvalue weighted by Gasteiger charge is -2.46. The van der Waals surface area contributed by atoms with Gasteiger partial charge in [-0.15, -0.1) is 0 Å². The van der Waals surface area contributed by atoms with Crippen molar-refractivity contribution in [1.29, 1.82) is 0 Å². The molecule has 0 bridgehead atoms. The molecule has 1 aromatic carbocycles. The number of carbonyl (C=O) groups is 2. The highest BCUT2D eigenvalue weighted by atomic mass is 19.1. The number of benzene rings is 1. The summed E-state index contributed by atoms with van der Waals surface area (Å²) in [6.07, 6.45) is 5.48. The van der Waals surface area contributed by atoms with Crippen molar-refractivity contribution in [3.05, 3.63) is 34.9 Å². The fourth-order valence-electron chi connectivity index (χ4n) is 6.35. The summed E-state index contributed by atoms with van der Waals surface area (Å²) in [4.78, 5) is 28.4. The van der Waals surface area contributed by atoms with Gasteiger partial charge in [0.05, 0.1) is 18.8 Å². The zero-order chi connectivity index (χ0) is 24.7. The van der Waals surface area contributed by atoms with Crippen molar-refractivity contribution in [2.45, 2.75) is 110 Å². The van der Waals surface area contributed by atoms with Gasteiger partial charge in [-0.3, -0.25) is 9.69 Å². The Balaban J connectivity index is 1.73. The van der Waals surface area contributed by atoms with E-state index in [2.05, 4.69) is 51.2 Å². The maximum Gasteiger partial charge on any atom is 0.325 e. The van der Waals surface area contributed by atoms with Crippen LogP contribution >= 0.6 is 0 Å². The van der Waals surface area contributed by atoms with E-state index in [9.17, 15) is 14.0 Å². The Morgan fingerprint density at radius 2 is 1.88 bits per heavy atom. The highest BCUT2D eigenvalue weighted by Gasteiger charge is 2.68. The van der Waals surface area contributed by atoms with Crippen molar-refractivity contribution < 1.29 is 18.7 Å². The average Bonchev–Trinajstić information content (AvgIpc) is 3.20. The third-order valence-electron chi connectivity index (χ3n) is 8.20. The van der Waals surface area contributed by atoms with Crippen LogP contribution < -0.4 is 5.32 Å². The maximum absolute atomic E-state index is 14.4. The molecule has 1 saturated heterocycles. The van der Waals surface area contributed by atoms with Crippen molar-refractivity contribution in [1.82, 2.24) is 10.2 Å². The molecule has 188 valence electrons. The van der Waals surface area contributed by atoms with Crippen LogP contribution in [0.1, 0.15) is 89.8 Å². The zero-order valence-electron chi connectivity index (χ0n) is 21.5. The topological polar surface area (TPSA) is 58.6 Å².